The normalized spacial score (nSPS) is 13.4. The number of benzene rings is 1. The topological polar surface area (TPSA) is 24.9 Å². The van der Waals surface area contributed by atoms with Crippen LogP contribution >= 0.6 is 11.6 Å². The Kier molecular flexibility index (Phi) is 3.20. The lowest BCUT2D eigenvalue weighted by molar-refractivity contribution is 0.900. The highest BCUT2D eigenvalue weighted by Gasteiger charge is 2.12. The molecule has 2 nitrogen and oxygen atoms in total. The van der Waals surface area contributed by atoms with Crippen molar-refractivity contribution in [3.8, 4) is 0 Å². The van der Waals surface area contributed by atoms with Crippen LogP contribution < -0.4 is 5.32 Å². The smallest absolute Gasteiger partial charge is 0.130 e. The molecule has 0 amide bonds. The maximum Gasteiger partial charge on any atom is 0.130 e. The lowest BCUT2D eigenvalue weighted by Crippen LogP contribution is -1.99. The Morgan fingerprint density at radius 2 is 2.00 bits per heavy atom. The Bertz CT molecular complexity index is 566. The van der Waals surface area contributed by atoms with Crippen molar-refractivity contribution in [2.45, 2.75) is 25.1 Å². The van der Waals surface area contributed by atoms with Gasteiger partial charge in [0.2, 0.25) is 0 Å². The molecule has 0 radical (unpaired) electrons. The van der Waals surface area contributed by atoms with E-state index >= 15 is 0 Å². The van der Waals surface area contributed by atoms with E-state index in [0.717, 1.165) is 23.5 Å². The van der Waals surface area contributed by atoms with E-state index in [-0.39, 0.29) is 0 Å². The number of halogens is 1. The maximum atomic E-state index is 5.93. The molecule has 0 aliphatic heterocycles. The van der Waals surface area contributed by atoms with Crippen LogP contribution in [0.1, 0.15) is 23.2 Å². The molecule has 1 N–H and O–H groups in total. The number of rotatable bonds is 3. The lowest BCUT2D eigenvalue weighted by atomic mass is 10.2. The third-order valence-corrected chi connectivity index (χ3v) is 3.64. The molecule has 1 heterocycles. The van der Waals surface area contributed by atoms with Gasteiger partial charge in [0.15, 0.2) is 0 Å². The zero-order chi connectivity index (χ0) is 12.4. The molecule has 1 aromatic carbocycles. The summed E-state index contributed by atoms with van der Waals surface area (Å²) in [6.07, 6.45) is 3.49. The number of para-hydroxylation sites is 1. The van der Waals surface area contributed by atoms with E-state index in [0.29, 0.717) is 5.88 Å². The highest BCUT2D eigenvalue weighted by molar-refractivity contribution is 6.17. The number of hydrogen-bond acceptors (Lipinski definition) is 2. The third kappa shape index (κ3) is 2.21. The van der Waals surface area contributed by atoms with Crippen molar-refractivity contribution in [2.24, 2.45) is 0 Å². The van der Waals surface area contributed by atoms with Crippen molar-refractivity contribution < 1.29 is 0 Å². The highest BCUT2D eigenvalue weighted by atomic mass is 35.5. The summed E-state index contributed by atoms with van der Waals surface area (Å²) in [5.74, 6) is 1.42. The first-order chi connectivity index (χ1) is 8.86. The minimum Gasteiger partial charge on any atom is -0.340 e. The molecule has 0 unspecified atom stereocenters. The fraction of sp³-hybridized carbons (Fsp3) is 0.267. The predicted molar refractivity (Wildman–Crippen MR) is 75.5 cm³/mol. The molecular formula is C15H15ClN2. The largest absolute Gasteiger partial charge is 0.340 e. The summed E-state index contributed by atoms with van der Waals surface area (Å²) in [6, 6.07) is 12.3. The van der Waals surface area contributed by atoms with Gasteiger partial charge in [-0.3, -0.25) is 0 Å². The second-order valence-electron chi connectivity index (χ2n) is 4.57. The van der Waals surface area contributed by atoms with Gasteiger partial charge in [0.1, 0.15) is 5.82 Å². The quantitative estimate of drug-likeness (QED) is 0.840. The van der Waals surface area contributed by atoms with Crippen LogP contribution in [0.25, 0.3) is 0 Å². The van der Waals surface area contributed by atoms with Crippen LogP contribution in [0.5, 0.6) is 0 Å². The average Bonchev–Trinajstić information content (AvgIpc) is 2.87. The van der Waals surface area contributed by atoms with Crippen molar-refractivity contribution in [3.05, 3.63) is 53.2 Å². The van der Waals surface area contributed by atoms with E-state index in [1.54, 1.807) is 0 Å². The van der Waals surface area contributed by atoms with Gasteiger partial charge in [-0.2, -0.15) is 0 Å². The summed E-state index contributed by atoms with van der Waals surface area (Å²) in [7, 11) is 0. The molecule has 0 bridgehead atoms. The second kappa shape index (κ2) is 4.99. The molecule has 0 atom stereocenters. The monoisotopic (exact) mass is 258 g/mol. The number of pyridine rings is 1. The lowest BCUT2D eigenvalue weighted by Gasteiger charge is -2.10. The van der Waals surface area contributed by atoms with Gasteiger partial charge in [-0.25, -0.2) is 4.98 Å². The van der Waals surface area contributed by atoms with Gasteiger partial charge >= 0.3 is 0 Å². The van der Waals surface area contributed by atoms with E-state index in [1.807, 2.05) is 24.3 Å². The second-order valence-corrected chi connectivity index (χ2v) is 4.84. The number of alkyl halides is 1. The number of anilines is 2. The predicted octanol–water partition coefficient (Wildman–Crippen LogP) is 4.05. The molecule has 2 aromatic rings. The maximum absolute atomic E-state index is 5.93. The number of aromatic nitrogens is 1. The minimum atomic E-state index is 0.508. The van der Waals surface area contributed by atoms with Crippen LogP contribution in [-0.2, 0) is 18.7 Å². The Morgan fingerprint density at radius 1 is 1.11 bits per heavy atom. The van der Waals surface area contributed by atoms with E-state index in [2.05, 4.69) is 22.4 Å². The Labute approximate surface area is 112 Å². The molecule has 3 heteroatoms. The summed E-state index contributed by atoms with van der Waals surface area (Å²) in [4.78, 5) is 4.67. The Morgan fingerprint density at radius 3 is 2.89 bits per heavy atom. The molecule has 92 valence electrons. The van der Waals surface area contributed by atoms with Gasteiger partial charge < -0.3 is 5.32 Å². The number of nitrogens with one attached hydrogen (secondary N) is 1. The van der Waals surface area contributed by atoms with E-state index in [9.17, 15) is 0 Å². The van der Waals surface area contributed by atoms with Crippen molar-refractivity contribution in [1.82, 2.24) is 4.98 Å². The first kappa shape index (κ1) is 11.5. The molecule has 0 saturated heterocycles. The van der Waals surface area contributed by atoms with Crippen molar-refractivity contribution in [1.29, 1.82) is 0 Å². The van der Waals surface area contributed by atoms with Crippen LogP contribution in [0.2, 0.25) is 0 Å². The third-order valence-electron chi connectivity index (χ3n) is 3.35. The first-order valence-corrected chi connectivity index (χ1v) is 6.80. The molecule has 1 aliphatic carbocycles. The molecule has 18 heavy (non-hydrogen) atoms. The zero-order valence-corrected chi connectivity index (χ0v) is 10.9. The van der Waals surface area contributed by atoms with Crippen LogP contribution in [0.3, 0.4) is 0 Å². The van der Waals surface area contributed by atoms with Crippen LogP contribution in [0, 0.1) is 0 Å². The number of hydrogen-bond donors (Lipinski definition) is 1. The fourth-order valence-electron chi connectivity index (χ4n) is 2.39. The van der Waals surface area contributed by atoms with Crippen LogP contribution in [0.4, 0.5) is 11.5 Å². The van der Waals surface area contributed by atoms with Gasteiger partial charge in [0.25, 0.3) is 0 Å². The van der Waals surface area contributed by atoms with Crippen molar-refractivity contribution >= 4 is 23.1 Å². The number of nitrogens with zero attached hydrogens (tertiary/aromatic N) is 1. The van der Waals surface area contributed by atoms with Gasteiger partial charge in [0, 0.05) is 17.3 Å². The molecule has 1 aromatic heterocycles. The standard InChI is InChI=1S/C15H15ClN2/c16-10-12-4-1-2-6-14(12)18-15-9-8-11-5-3-7-13(11)17-15/h1-2,4,6,8-9H,3,5,7,10H2,(H,17,18). The van der Waals surface area contributed by atoms with Gasteiger partial charge in [-0.05, 0) is 42.5 Å². The van der Waals surface area contributed by atoms with E-state index in [4.69, 9.17) is 11.6 Å². The summed E-state index contributed by atoms with van der Waals surface area (Å²) in [5.41, 5.74) is 4.77. The van der Waals surface area contributed by atoms with Gasteiger partial charge in [-0.1, -0.05) is 24.3 Å². The Hall–Kier alpha value is -1.54. The zero-order valence-electron chi connectivity index (χ0n) is 10.1. The van der Waals surface area contributed by atoms with Gasteiger partial charge in [0.05, 0.1) is 0 Å². The Balaban J connectivity index is 1.88. The van der Waals surface area contributed by atoms with E-state index in [1.165, 1.54) is 24.1 Å². The fourth-order valence-corrected chi connectivity index (χ4v) is 2.62. The molecule has 0 saturated carbocycles. The molecule has 3 rings (SSSR count). The van der Waals surface area contributed by atoms with Crippen LogP contribution in [0.15, 0.2) is 36.4 Å². The molecular weight excluding hydrogens is 244 g/mol. The van der Waals surface area contributed by atoms with Crippen LogP contribution in [-0.4, -0.2) is 4.98 Å². The summed E-state index contributed by atoms with van der Waals surface area (Å²) in [6.45, 7) is 0. The first-order valence-electron chi connectivity index (χ1n) is 6.26. The highest BCUT2D eigenvalue weighted by Crippen LogP contribution is 2.25. The number of aryl methyl sites for hydroxylation is 2. The van der Waals surface area contributed by atoms with Crippen molar-refractivity contribution in [2.75, 3.05) is 5.32 Å². The average molecular weight is 259 g/mol. The summed E-state index contributed by atoms with van der Waals surface area (Å²) < 4.78 is 0. The summed E-state index contributed by atoms with van der Waals surface area (Å²) in [5, 5.41) is 3.36. The molecule has 0 fully saturated rings. The van der Waals surface area contributed by atoms with E-state index < -0.39 is 0 Å². The minimum absolute atomic E-state index is 0.508. The number of fused-ring (bicyclic) bond motifs is 1. The van der Waals surface area contributed by atoms with Gasteiger partial charge in [-0.15, -0.1) is 11.6 Å². The molecule has 1 aliphatic rings. The van der Waals surface area contributed by atoms with Crippen molar-refractivity contribution in [3.63, 3.8) is 0 Å². The summed E-state index contributed by atoms with van der Waals surface area (Å²) >= 11 is 5.93. The SMILES string of the molecule is ClCc1ccccc1Nc1ccc2c(n1)CCC2. The molecule has 0 spiro atoms.